The number of methoxy groups -OCH3 is 1. The molecular weight excluding hydrogens is 228 g/mol. The molecule has 7 heteroatoms. The number of rotatable bonds is 3. The summed E-state index contributed by atoms with van der Waals surface area (Å²) >= 11 is 0. The highest BCUT2D eigenvalue weighted by atomic mass is 16.6. The van der Waals surface area contributed by atoms with Crippen LogP contribution in [-0.4, -0.2) is 23.9 Å². The van der Waals surface area contributed by atoms with Gasteiger partial charge in [0.15, 0.2) is 0 Å². The molecule has 1 rings (SSSR count). The molecule has 90 valence electrons. The SMILES string of the molecule is COC(=O)C(=O)NCc1ccccc1[N+](=O)[O-]. The normalized spacial score (nSPS) is 9.47. The summed E-state index contributed by atoms with van der Waals surface area (Å²) in [5.74, 6) is -1.98. The summed E-state index contributed by atoms with van der Waals surface area (Å²) in [5.41, 5.74) is 0.201. The van der Waals surface area contributed by atoms with Crippen LogP contribution in [-0.2, 0) is 20.9 Å². The van der Waals surface area contributed by atoms with E-state index in [0.29, 0.717) is 5.56 Å². The number of esters is 1. The van der Waals surface area contributed by atoms with E-state index in [1.165, 1.54) is 18.2 Å². The van der Waals surface area contributed by atoms with Crippen molar-refractivity contribution in [2.75, 3.05) is 7.11 Å². The molecule has 0 spiro atoms. The number of nitro groups is 1. The predicted molar refractivity (Wildman–Crippen MR) is 57.0 cm³/mol. The van der Waals surface area contributed by atoms with Crippen LogP contribution in [0.2, 0.25) is 0 Å². The van der Waals surface area contributed by atoms with Crippen molar-refractivity contribution in [1.29, 1.82) is 0 Å². The standard InChI is InChI=1S/C10H10N2O5/c1-17-10(14)9(13)11-6-7-4-2-3-5-8(7)12(15)16/h2-5H,6H2,1H3,(H,11,13). The predicted octanol–water partition coefficient (Wildman–Crippen LogP) is 0.384. The molecule has 7 nitrogen and oxygen atoms in total. The third-order valence-electron chi connectivity index (χ3n) is 2.00. The maximum atomic E-state index is 11.1. The number of hydrogen-bond acceptors (Lipinski definition) is 5. The Morgan fingerprint density at radius 2 is 2.06 bits per heavy atom. The summed E-state index contributed by atoms with van der Waals surface area (Å²) in [6, 6.07) is 5.94. The highest BCUT2D eigenvalue weighted by Gasteiger charge is 2.16. The highest BCUT2D eigenvalue weighted by Crippen LogP contribution is 2.16. The fourth-order valence-electron chi connectivity index (χ4n) is 1.18. The Labute approximate surface area is 96.5 Å². The molecule has 0 bridgehead atoms. The molecule has 1 aromatic rings. The number of nitrogens with one attached hydrogen (secondary N) is 1. The Morgan fingerprint density at radius 1 is 1.41 bits per heavy atom. The number of carbonyl (C=O) groups is 2. The van der Waals surface area contributed by atoms with Crippen LogP contribution in [0, 0.1) is 10.1 Å². The molecule has 1 amide bonds. The van der Waals surface area contributed by atoms with Crippen LogP contribution in [0.15, 0.2) is 24.3 Å². The zero-order valence-corrected chi connectivity index (χ0v) is 9.00. The lowest BCUT2D eigenvalue weighted by Gasteiger charge is -2.04. The maximum absolute atomic E-state index is 11.1. The second kappa shape index (κ2) is 5.59. The summed E-state index contributed by atoms with van der Waals surface area (Å²) in [6.07, 6.45) is 0. The van der Waals surface area contributed by atoms with Gasteiger partial charge in [-0.15, -0.1) is 0 Å². The van der Waals surface area contributed by atoms with E-state index in [4.69, 9.17) is 0 Å². The fraction of sp³-hybridized carbons (Fsp3) is 0.200. The number of benzene rings is 1. The lowest BCUT2D eigenvalue weighted by Crippen LogP contribution is -2.31. The van der Waals surface area contributed by atoms with Crippen molar-refractivity contribution < 1.29 is 19.2 Å². The quantitative estimate of drug-likeness (QED) is 0.355. The van der Waals surface area contributed by atoms with E-state index in [1.807, 2.05) is 0 Å². The number of amides is 1. The molecule has 0 aliphatic carbocycles. The second-order valence-electron chi connectivity index (χ2n) is 3.06. The van der Waals surface area contributed by atoms with Gasteiger partial charge in [0.2, 0.25) is 0 Å². The number of hydrogen-bond donors (Lipinski definition) is 1. The smallest absolute Gasteiger partial charge is 0.396 e. The molecular formula is C10H10N2O5. The average Bonchev–Trinajstić information content (AvgIpc) is 2.35. The first-order chi connectivity index (χ1) is 8.06. The molecule has 0 aliphatic heterocycles. The van der Waals surface area contributed by atoms with Crippen molar-refractivity contribution in [3.63, 3.8) is 0 Å². The molecule has 1 N–H and O–H groups in total. The zero-order valence-electron chi connectivity index (χ0n) is 9.00. The molecule has 1 aromatic carbocycles. The van der Waals surface area contributed by atoms with E-state index in [-0.39, 0.29) is 12.2 Å². The van der Waals surface area contributed by atoms with E-state index in [2.05, 4.69) is 10.1 Å². The number of carbonyl (C=O) groups excluding carboxylic acids is 2. The number of para-hydroxylation sites is 1. The van der Waals surface area contributed by atoms with Crippen molar-refractivity contribution >= 4 is 17.6 Å². The van der Waals surface area contributed by atoms with E-state index >= 15 is 0 Å². The van der Waals surface area contributed by atoms with Gasteiger partial charge in [0.1, 0.15) is 0 Å². The Balaban J connectivity index is 2.73. The van der Waals surface area contributed by atoms with Gasteiger partial charge in [-0.2, -0.15) is 0 Å². The van der Waals surface area contributed by atoms with Gasteiger partial charge in [0.25, 0.3) is 5.69 Å². The molecule has 0 saturated heterocycles. The Hall–Kier alpha value is -2.44. The lowest BCUT2D eigenvalue weighted by atomic mass is 10.2. The minimum atomic E-state index is -1.04. The van der Waals surface area contributed by atoms with Crippen molar-refractivity contribution in [2.45, 2.75) is 6.54 Å². The van der Waals surface area contributed by atoms with Crippen LogP contribution in [0.4, 0.5) is 5.69 Å². The summed E-state index contributed by atoms with van der Waals surface area (Å²) in [6.45, 7) is -0.106. The molecule has 0 radical (unpaired) electrons. The van der Waals surface area contributed by atoms with Gasteiger partial charge in [-0.25, -0.2) is 4.79 Å². The summed E-state index contributed by atoms with van der Waals surface area (Å²) in [5, 5.41) is 12.9. The third-order valence-corrected chi connectivity index (χ3v) is 2.00. The first-order valence-corrected chi connectivity index (χ1v) is 4.64. The number of nitro benzene ring substituents is 1. The van der Waals surface area contributed by atoms with Crippen LogP contribution in [0.25, 0.3) is 0 Å². The van der Waals surface area contributed by atoms with Crippen LogP contribution >= 0.6 is 0 Å². The van der Waals surface area contributed by atoms with Crippen molar-refractivity contribution in [3.05, 3.63) is 39.9 Å². The van der Waals surface area contributed by atoms with E-state index in [9.17, 15) is 19.7 Å². The minimum Gasteiger partial charge on any atom is -0.462 e. The van der Waals surface area contributed by atoms with Gasteiger partial charge in [0.05, 0.1) is 18.6 Å². The van der Waals surface area contributed by atoms with Crippen LogP contribution < -0.4 is 5.32 Å². The van der Waals surface area contributed by atoms with Gasteiger partial charge in [0, 0.05) is 11.6 Å². The summed E-state index contributed by atoms with van der Waals surface area (Å²) in [7, 11) is 1.08. The van der Waals surface area contributed by atoms with Crippen LogP contribution in [0.5, 0.6) is 0 Å². The van der Waals surface area contributed by atoms with E-state index < -0.39 is 16.8 Å². The summed E-state index contributed by atoms with van der Waals surface area (Å²) < 4.78 is 4.19. The first kappa shape index (κ1) is 12.6. The van der Waals surface area contributed by atoms with Gasteiger partial charge in [-0.1, -0.05) is 18.2 Å². The van der Waals surface area contributed by atoms with Gasteiger partial charge in [-0.05, 0) is 0 Å². The highest BCUT2D eigenvalue weighted by molar-refractivity contribution is 6.32. The Kier molecular flexibility index (Phi) is 4.15. The molecule has 0 unspecified atom stereocenters. The van der Waals surface area contributed by atoms with Gasteiger partial charge < -0.3 is 10.1 Å². The van der Waals surface area contributed by atoms with Crippen molar-refractivity contribution in [1.82, 2.24) is 5.32 Å². The number of ether oxygens (including phenoxy) is 1. The topological polar surface area (TPSA) is 98.5 Å². The van der Waals surface area contributed by atoms with Crippen LogP contribution in [0.1, 0.15) is 5.56 Å². The van der Waals surface area contributed by atoms with Crippen molar-refractivity contribution in [2.24, 2.45) is 0 Å². The monoisotopic (exact) mass is 238 g/mol. The van der Waals surface area contributed by atoms with Crippen molar-refractivity contribution in [3.8, 4) is 0 Å². The van der Waals surface area contributed by atoms with Crippen LogP contribution in [0.3, 0.4) is 0 Å². The van der Waals surface area contributed by atoms with Gasteiger partial charge >= 0.3 is 11.9 Å². The molecule has 0 fully saturated rings. The third kappa shape index (κ3) is 3.26. The summed E-state index contributed by atoms with van der Waals surface area (Å²) in [4.78, 5) is 32.0. The molecule has 0 aliphatic rings. The second-order valence-corrected chi connectivity index (χ2v) is 3.06. The molecule has 0 atom stereocenters. The van der Waals surface area contributed by atoms with E-state index in [0.717, 1.165) is 7.11 Å². The Bertz CT molecular complexity index is 458. The van der Waals surface area contributed by atoms with E-state index in [1.54, 1.807) is 6.07 Å². The maximum Gasteiger partial charge on any atom is 0.396 e. The molecule has 0 aromatic heterocycles. The molecule has 0 saturated carbocycles. The Morgan fingerprint density at radius 3 is 2.65 bits per heavy atom. The molecule has 17 heavy (non-hydrogen) atoms. The largest absolute Gasteiger partial charge is 0.462 e. The number of nitrogens with zero attached hydrogens (tertiary/aromatic N) is 1. The minimum absolute atomic E-state index is 0.106. The molecule has 0 heterocycles. The average molecular weight is 238 g/mol. The fourth-order valence-corrected chi connectivity index (χ4v) is 1.18. The lowest BCUT2D eigenvalue weighted by molar-refractivity contribution is -0.385. The van der Waals surface area contributed by atoms with Gasteiger partial charge in [-0.3, -0.25) is 14.9 Å². The zero-order chi connectivity index (χ0) is 12.8. The first-order valence-electron chi connectivity index (χ1n) is 4.64.